The Morgan fingerprint density at radius 3 is 2.21 bits per heavy atom. The lowest BCUT2D eigenvalue weighted by molar-refractivity contribution is -0.136. The Bertz CT molecular complexity index is 1720. The molecular weight excluding hydrogens is 574 g/mol. The van der Waals surface area contributed by atoms with Crippen molar-refractivity contribution in [2.75, 3.05) is 14.2 Å². The van der Waals surface area contributed by atoms with E-state index in [0.29, 0.717) is 22.2 Å². The topological polar surface area (TPSA) is 115 Å². The minimum atomic E-state index is -0.889. The Morgan fingerprint density at radius 2 is 1.60 bits per heavy atom. The summed E-state index contributed by atoms with van der Waals surface area (Å²) in [4.78, 5) is 16.6. The summed E-state index contributed by atoms with van der Waals surface area (Å²) in [7, 11) is 3.18. The molecule has 0 unspecified atom stereocenters. The van der Waals surface area contributed by atoms with Crippen molar-refractivity contribution >= 4 is 39.1 Å². The van der Waals surface area contributed by atoms with Crippen LogP contribution in [0.1, 0.15) is 31.9 Å². The highest BCUT2D eigenvalue weighted by Crippen LogP contribution is 2.41. The molecule has 0 saturated heterocycles. The van der Waals surface area contributed by atoms with Gasteiger partial charge in [0.25, 0.3) is 0 Å². The van der Waals surface area contributed by atoms with E-state index in [4.69, 9.17) is 31.2 Å². The smallest absolute Gasteiger partial charge is 0.307 e. The van der Waals surface area contributed by atoms with E-state index in [1.165, 1.54) is 11.3 Å². The number of fused-ring (bicyclic) bond motifs is 1. The largest absolute Gasteiger partial charge is 0.493 e. The van der Waals surface area contributed by atoms with Gasteiger partial charge in [-0.25, -0.2) is 4.98 Å². The predicted octanol–water partition coefficient (Wildman–Crippen LogP) is 7.47. The fourth-order valence-electron chi connectivity index (χ4n) is 4.28. The van der Waals surface area contributed by atoms with Crippen LogP contribution in [0.3, 0.4) is 0 Å². The molecule has 8 nitrogen and oxygen atoms in total. The number of aryl methyl sites for hydroxylation is 1. The molecule has 42 heavy (non-hydrogen) atoms. The van der Waals surface area contributed by atoms with Crippen LogP contribution in [0.4, 0.5) is 0 Å². The van der Waals surface area contributed by atoms with Gasteiger partial charge in [-0.15, -0.1) is 11.3 Å². The van der Waals surface area contributed by atoms with Gasteiger partial charge in [-0.2, -0.15) is 10.2 Å². The van der Waals surface area contributed by atoms with Crippen LogP contribution in [-0.2, 0) is 11.2 Å². The van der Waals surface area contributed by atoms with E-state index < -0.39 is 11.6 Å². The van der Waals surface area contributed by atoms with Gasteiger partial charge in [-0.1, -0.05) is 23.7 Å². The van der Waals surface area contributed by atoms with Crippen LogP contribution in [0.15, 0.2) is 60.8 Å². The number of nitrogens with zero attached hydrogens (tertiary/aromatic N) is 3. The molecule has 2 N–H and O–H groups in total. The van der Waals surface area contributed by atoms with Gasteiger partial charge in [0, 0.05) is 21.7 Å². The van der Waals surface area contributed by atoms with Crippen molar-refractivity contribution in [3.05, 3.63) is 76.9 Å². The van der Waals surface area contributed by atoms with E-state index in [1.54, 1.807) is 53.3 Å². The Kier molecular flexibility index (Phi) is 9.46. The zero-order valence-corrected chi connectivity index (χ0v) is 25.8. The lowest BCUT2D eigenvalue weighted by Crippen LogP contribution is -2.10. The van der Waals surface area contributed by atoms with Gasteiger partial charge >= 0.3 is 5.97 Å². The van der Waals surface area contributed by atoms with Gasteiger partial charge in [0.1, 0.15) is 5.01 Å². The molecule has 0 amide bonds. The number of hydrogen-bond donors (Lipinski definition) is 2. The average Bonchev–Trinajstić information content (AvgIpc) is 3.36. The molecular formula is C32H32ClN3O5S. The number of thiazole rings is 1. The van der Waals surface area contributed by atoms with Crippen molar-refractivity contribution in [1.82, 2.24) is 15.2 Å². The maximum absolute atomic E-state index is 11.7. The number of benzene rings is 3. The van der Waals surface area contributed by atoms with Crippen LogP contribution in [0.25, 0.3) is 43.2 Å². The third-order valence-corrected chi connectivity index (χ3v) is 7.44. The van der Waals surface area contributed by atoms with Gasteiger partial charge in [0.05, 0.1) is 48.3 Å². The Morgan fingerprint density at radius 1 is 0.952 bits per heavy atom. The number of ether oxygens (including phenoxy) is 2. The van der Waals surface area contributed by atoms with Crippen molar-refractivity contribution in [3.63, 3.8) is 0 Å². The standard InChI is InChI=1S/C28H22ClN3O4S.C4H10O/c1-15-10-22-27(26(20(15)13-25(33)34)16-4-7-19(29)8-5-16)37-28(31-22)18-11-21(32-30-14-18)17-6-9-23(35-2)24(12-17)36-3;1-4(2,3)5/h4-12,14H,13H2,1-3H3,(H,33,34);5H,1-3H3. The number of aliphatic carboxylic acids is 1. The summed E-state index contributed by atoms with van der Waals surface area (Å²) >= 11 is 7.62. The summed E-state index contributed by atoms with van der Waals surface area (Å²) in [6.45, 7) is 7.15. The third-order valence-electron chi connectivity index (χ3n) is 6.05. The van der Waals surface area contributed by atoms with E-state index in [2.05, 4.69) is 10.2 Å². The monoisotopic (exact) mass is 605 g/mol. The van der Waals surface area contributed by atoms with Crippen LogP contribution in [-0.4, -0.2) is 51.2 Å². The highest BCUT2D eigenvalue weighted by Gasteiger charge is 2.20. The van der Waals surface area contributed by atoms with Crippen LogP contribution >= 0.6 is 22.9 Å². The number of aromatic nitrogens is 3. The minimum Gasteiger partial charge on any atom is -0.493 e. The molecule has 0 radical (unpaired) electrons. The number of rotatable bonds is 7. The zero-order chi connectivity index (χ0) is 30.6. The van der Waals surface area contributed by atoms with Crippen molar-refractivity contribution in [2.45, 2.75) is 39.7 Å². The summed E-state index contributed by atoms with van der Waals surface area (Å²) in [6.07, 6.45) is 1.59. The normalized spacial score (nSPS) is 11.1. The highest BCUT2D eigenvalue weighted by atomic mass is 35.5. The van der Waals surface area contributed by atoms with Gasteiger partial charge in [0.15, 0.2) is 11.5 Å². The fourth-order valence-corrected chi connectivity index (χ4v) is 5.53. The Balaban J connectivity index is 0.000000748. The predicted molar refractivity (Wildman–Crippen MR) is 168 cm³/mol. The van der Waals surface area contributed by atoms with Crippen molar-refractivity contribution in [2.24, 2.45) is 0 Å². The molecule has 2 aromatic heterocycles. The second-order valence-corrected chi connectivity index (χ2v) is 12.0. The molecule has 0 bridgehead atoms. The molecule has 10 heteroatoms. The summed E-state index contributed by atoms with van der Waals surface area (Å²) in [5.41, 5.74) is 5.98. The lowest BCUT2D eigenvalue weighted by atomic mass is 9.93. The van der Waals surface area contributed by atoms with E-state index in [-0.39, 0.29) is 6.42 Å². The first-order valence-corrected chi connectivity index (χ1v) is 14.3. The van der Waals surface area contributed by atoms with Crippen LogP contribution in [0.5, 0.6) is 11.5 Å². The molecule has 0 aliphatic rings. The molecule has 3 aromatic carbocycles. The fraction of sp³-hybridized carbons (Fsp3) is 0.250. The Labute approximate surface area is 253 Å². The summed E-state index contributed by atoms with van der Waals surface area (Å²) in [5.74, 6) is 0.338. The van der Waals surface area contributed by atoms with Gasteiger partial charge in [0.2, 0.25) is 0 Å². The summed E-state index contributed by atoms with van der Waals surface area (Å²) < 4.78 is 11.7. The number of halogens is 1. The first-order valence-electron chi connectivity index (χ1n) is 13.1. The highest BCUT2D eigenvalue weighted by molar-refractivity contribution is 7.22. The number of carboxylic acid groups (broad SMARTS) is 1. The molecule has 5 rings (SSSR count). The van der Waals surface area contributed by atoms with E-state index in [9.17, 15) is 9.90 Å². The maximum Gasteiger partial charge on any atom is 0.307 e. The van der Waals surface area contributed by atoms with E-state index in [0.717, 1.165) is 48.6 Å². The molecule has 218 valence electrons. The lowest BCUT2D eigenvalue weighted by Gasteiger charge is -2.13. The molecule has 0 aliphatic heterocycles. The van der Waals surface area contributed by atoms with Crippen LogP contribution < -0.4 is 9.47 Å². The van der Waals surface area contributed by atoms with Gasteiger partial charge in [-0.3, -0.25) is 4.79 Å². The van der Waals surface area contributed by atoms with Crippen molar-refractivity contribution in [3.8, 4) is 44.5 Å². The number of methoxy groups -OCH3 is 2. The number of hydrogen-bond acceptors (Lipinski definition) is 8. The molecule has 0 atom stereocenters. The first kappa shape index (κ1) is 30.9. The zero-order valence-electron chi connectivity index (χ0n) is 24.2. The van der Waals surface area contributed by atoms with E-state index >= 15 is 0 Å². The van der Waals surface area contributed by atoms with E-state index in [1.807, 2.05) is 49.4 Å². The molecule has 5 aromatic rings. The molecule has 0 aliphatic carbocycles. The number of carboxylic acids is 1. The summed E-state index contributed by atoms with van der Waals surface area (Å²) in [5, 5.41) is 28.0. The SMILES string of the molecule is CC(C)(C)O.COc1ccc(-c2cc(-c3nc4cc(C)c(CC(=O)O)c(-c5ccc(Cl)cc5)c4s3)cnn2)cc1OC. The quantitative estimate of drug-likeness (QED) is 0.196. The molecule has 0 saturated carbocycles. The molecule has 0 fully saturated rings. The second kappa shape index (κ2) is 12.9. The molecule has 0 spiro atoms. The first-order chi connectivity index (χ1) is 19.9. The van der Waals surface area contributed by atoms with Crippen molar-refractivity contribution in [1.29, 1.82) is 0 Å². The minimum absolute atomic E-state index is 0.0900. The Hall–Kier alpha value is -4.05. The van der Waals surface area contributed by atoms with Crippen molar-refractivity contribution < 1.29 is 24.5 Å². The summed E-state index contributed by atoms with van der Waals surface area (Å²) in [6, 6.07) is 16.9. The van der Waals surface area contributed by atoms with Gasteiger partial charge in [-0.05, 0) is 86.8 Å². The maximum atomic E-state index is 11.7. The second-order valence-electron chi connectivity index (χ2n) is 10.6. The molecule has 2 heterocycles. The van der Waals surface area contributed by atoms with Crippen LogP contribution in [0.2, 0.25) is 5.02 Å². The van der Waals surface area contributed by atoms with Crippen LogP contribution in [0, 0.1) is 6.92 Å². The number of carbonyl (C=O) groups is 1. The average molecular weight is 606 g/mol. The number of aliphatic hydroxyl groups is 1. The third kappa shape index (κ3) is 7.42. The van der Waals surface area contributed by atoms with Gasteiger partial charge < -0.3 is 19.7 Å².